The van der Waals surface area contributed by atoms with Crippen LogP contribution in [0.15, 0.2) is 53.4 Å². The van der Waals surface area contributed by atoms with Gasteiger partial charge in [0.05, 0.1) is 4.90 Å². The number of nitrogens with one attached hydrogen (secondary N) is 3. The van der Waals surface area contributed by atoms with E-state index in [0.717, 1.165) is 5.56 Å². The highest BCUT2D eigenvalue weighted by molar-refractivity contribution is 7.89. The van der Waals surface area contributed by atoms with E-state index in [-0.39, 0.29) is 4.90 Å². The smallest absolute Gasteiger partial charge is 0.319 e. The Bertz CT molecular complexity index is 873. The summed E-state index contributed by atoms with van der Waals surface area (Å²) in [6, 6.07) is 13.9. The number of sulfonamides is 1. The summed E-state index contributed by atoms with van der Waals surface area (Å²) in [6.07, 6.45) is 0. The Morgan fingerprint density at radius 3 is 2.31 bits per heavy atom. The molecule has 0 unspecified atom stereocenters. The lowest BCUT2D eigenvalue weighted by Crippen LogP contribution is -2.40. The highest BCUT2D eigenvalue weighted by atomic mass is 32.2. The van der Waals surface area contributed by atoms with Crippen molar-refractivity contribution in [3.63, 3.8) is 0 Å². The number of urea groups is 1. The number of benzene rings is 2. The van der Waals surface area contributed by atoms with Crippen LogP contribution in [0.2, 0.25) is 0 Å². The number of rotatable bonds is 5. The minimum atomic E-state index is -3.68. The summed E-state index contributed by atoms with van der Waals surface area (Å²) in [5, 5.41) is 5.42. The van der Waals surface area contributed by atoms with E-state index in [4.69, 9.17) is 0 Å². The first-order chi connectivity index (χ1) is 12.1. The zero-order valence-corrected chi connectivity index (χ0v) is 16.3. The van der Waals surface area contributed by atoms with Crippen molar-refractivity contribution in [2.45, 2.75) is 44.7 Å². The standard InChI is InChI=1S/C19H25N3O3S/c1-14-10-11-16(12-17(14)26(24,25)22-19(2,3)4)21-18(23)20-13-15-8-6-5-7-9-15/h5-12,22H,13H2,1-4H3,(H2,20,21,23). The van der Waals surface area contributed by atoms with Crippen molar-refractivity contribution in [3.05, 3.63) is 59.7 Å². The molecule has 3 N–H and O–H groups in total. The summed E-state index contributed by atoms with van der Waals surface area (Å²) in [4.78, 5) is 12.2. The molecule has 0 atom stereocenters. The van der Waals surface area contributed by atoms with Gasteiger partial charge in [-0.15, -0.1) is 0 Å². The van der Waals surface area contributed by atoms with E-state index in [2.05, 4.69) is 15.4 Å². The summed E-state index contributed by atoms with van der Waals surface area (Å²) >= 11 is 0. The van der Waals surface area contributed by atoms with Gasteiger partial charge in [0, 0.05) is 17.8 Å². The van der Waals surface area contributed by atoms with Crippen LogP contribution in [0.3, 0.4) is 0 Å². The van der Waals surface area contributed by atoms with Crippen LogP contribution in [-0.2, 0) is 16.6 Å². The molecule has 140 valence electrons. The van der Waals surface area contributed by atoms with Crippen molar-refractivity contribution in [2.75, 3.05) is 5.32 Å². The molecule has 2 amide bonds. The van der Waals surface area contributed by atoms with Crippen molar-refractivity contribution in [1.29, 1.82) is 0 Å². The van der Waals surface area contributed by atoms with E-state index in [0.29, 0.717) is 17.8 Å². The summed E-state index contributed by atoms with van der Waals surface area (Å²) in [5.74, 6) is 0. The van der Waals surface area contributed by atoms with Crippen LogP contribution in [0.25, 0.3) is 0 Å². The molecule has 26 heavy (non-hydrogen) atoms. The molecule has 0 heterocycles. The third kappa shape index (κ3) is 5.86. The van der Waals surface area contributed by atoms with Crippen LogP contribution in [0.1, 0.15) is 31.9 Å². The number of carbonyl (C=O) groups is 1. The van der Waals surface area contributed by atoms with Crippen molar-refractivity contribution < 1.29 is 13.2 Å². The second kappa shape index (κ2) is 7.88. The molecule has 0 saturated heterocycles. The molecule has 0 spiro atoms. The predicted octanol–water partition coefficient (Wildman–Crippen LogP) is 3.39. The SMILES string of the molecule is Cc1ccc(NC(=O)NCc2ccccc2)cc1S(=O)(=O)NC(C)(C)C. The zero-order chi connectivity index (χ0) is 19.4. The number of aryl methyl sites for hydroxylation is 1. The Balaban J connectivity index is 2.10. The topological polar surface area (TPSA) is 87.3 Å². The van der Waals surface area contributed by atoms with Gasteiger partial charge in [0.15, 0.2) is 0 Å². The maximum atomic E-state index is 12.6. The molecule has 0 fully saturated rings. The molecule has 0 bridgehead atoms. The Hall–Kier alpha value is -2.38. The fourth-order valence-electron chi connectivity index (χ4n) is 2.38. The summed E-state index contributed by atoms with van der Waals surface area (Å²) in [5.41, 5.74) is 1.40. The van der Waals surface area contributed by atoms with Gasteiger partial charge in [0.2, 0.25) is 10.0 Å². The van der Waals surface area contributed by atoms with Crippen molar-refractivity contribution in [2.24, 2.45) is 0 Å². The molecule has 0 aromatic heterocycles. The van der Waals surface area contributed by atoms with Gasteiger partial charge in [-0.05, 0) is 51.0 Å². The largest absolute Gasteiger partial charge is 0.334 e. The molecular formula is C19H25N3O3S. The fraction of sp³-hybridized carbons (Fsp3) is 0.316. The Morgan fingerprint density at radius 2 is 1.69 bits per heavy atom. The van der Waals surface area contributed by atoms with Gasteiger partial charge in [-0.25, -0.2) is 17.9 Å². The van der Waals surface area contributed by atoms with Crippen LogP contribution in [0, 0.1) is 6.92 Å². The first-order valence-electron chi connectivity index (χ1n) is 8.30. The van der Waals surface area contributed by atoms with Gasteiger partial charge in [-0.2, -0.15) is 0 Å². The molecule has 0 saturated carbocycles. The van der Waals surface area contributed by atoms with E-state index >= 15 is 0 Å². The predicted molar refractivity (Wildman–Crippen MR) is 104 cm³/mol. The molecule has 0 aliphatic rings. The monoisotopic (exact) mass is 375 g/mol. The minimum Gasteiger partial charge on any atom is -0.334 e. The lowest BCUT2D eigenvalue weighted by atomic mass is 10.1. The normalized spacial score (nSPS) is 11.8. The van der Waals surface area contributed by atoms with Crippen LogP contribution in [0.5, 0.6) is 0 Å². The molecule has 0 radical (unpaired) electrons. The minimum absolute atomic E-state index is 0.147. The van der Waals surface area contributed by atoms with E-state index in [1.54, 1.807) is 39.8 Å². The van der Waals surface area contributed by atoms with Crippen LogP contribution < -0.4 is 15.4 Å². The Morgan fingerprint density at radius 1 is 1.04 bits per heavy atom. The second-order valence-corrected chi connectivity index (χ2v) is 8.78. The average Bonchev–Trinajstić information content (AvgIpc) is 2.53. The van der Waals surface area contributed by atoms with Crippen LogP contribution in [0.4, 0.5) is 10.5 Å². The third-order valence-electron chi connectivity index (χ3n) is 3.47. The lowest BCUT2D eigenvalue weighted by Gasteiger charge is -2.21. The van der Waals surface area contributed by atoms with E-state index in [1.807, 2.05) is 30.3 Å². The molecule has 6 nitrogen and oxygen atoms in total. The van der Waals surface area contributed by atoms with Gasteiger partial charge in [0.1, 0.15) is 0 Å². The second-order valence-electron chi connectivity index (χ2n) is 7.13. The number of hydrogen-bond acceptors (Lipinski definition) is 3. The van der Waals surface area contributed by atoms with Gasteiger partial charge < -0.3 is 10.6 Å². The zero-order valence-electron chi connectivity index (χ0n) is 15.5. The number of hydrogen-bond donors (Lipinski definition) is 3. The highest BCUT2D eigenvalue weighted by Gasteiger charge is 2.24. The number of anilines is 1. The molecule has 2 rings (SSSR count). The lowest BCUT2D eigenvalue weighted by molar-refractivity contribution is 0.251. The maximum Gasteiger partial charge on any atom is 0.319 e. The Labute approximate surface area is 155 Å². The van der Waals surface area contributed by atoms with Gasteiger partial charge >= 0.3 is 6.03 Å². The summed E-state index contributed by atoms with van der Waals surface area (Å²) in [6.45, 7) is 7.43. The summed E-state index contributed by atoms with van der Waals surface area (Å²) in [7, 11) is -3.68. The number of amides is 2. The van der Waals surface area contributed by atoms with Crippen LogP contribution in [-0.4, -0.2) is 20.0 Å². The van der Waals surface area contributed by atoms with E-state index < -0.39 is 21.6 Å². The fourth-order valence-corrected chi connectivity index (χ4v) is 4.07. The first kappa shape index (κ1) is 19.9. The molecular weight excluding hydrogens is 350 g/mol. The van der Waals surface area contributed by atoms with E-state index in [1.165, 1.54) is 6.07 Å². The molecule has 2 aromatic carbocycles. The van der Waals surface area contributed by atoms with Crippen molar-refractivity contribution >= 4 is 21.7 Å². The van der Waals surface area contributed by atoms with Gasteiger partial charge in [-0.3, -0.25) is 0 Å². The molecule has 2 aromatic rings. The van der Waals surface area contributed by atoms with Crippen molar-refractivity contribution in [1.82, 2.24) is 10.0 Å². The Kier molecular flexibility index (Phi) is 6.05. The maximum absolute atomic E-state index is 12.6. The van der Waals surface area contributed by atoms with Gasteiger partial charge in [-0.1, -0.05) is 36.4 Å². The van der Waals surface area contributed by atoms with Crippen LogP contribution >= 0.6 is 0 Å². The summed E-state index contributed by atoms with van der Waals surface area (Å²) < 4.78 is 27.8. The molecule has 0 aliphatic carbocycles. The number of carbonyl (C=O) groups excluding carboxylic acids is 1. The third-order valence-corrected chi connectivity index (χ3v) is 5.37. The average molecular weight is 375 g/mol. The molecule has 0 aliphatic heterocycles. The first-order valence-corrected chi connectivity index (χ1v) is 9.78. The van der Waals surface area contributed by atoms with E-state index in [9.17, 15) is 13.2 Å². The molecule has 7 heteroatoms. The van der Waals surface area contributed by atoms with Crippen molar-refractivity contribution in [3.8, 4) is 0 Å². The quantitative estimate of drug-likeness (QED) is 0.748. The highest BCUT2D eigenvalue weighted by Crippen LogP contribution is 2.21. The van der Waals surface area contributed by atoms with Gasteiger partial charge in [0.25, 0.3) is 0 Å².